The fourth-order valence-corrected chi connectivity index (χ4v) is 4.42. The first-order chi connectivity index (χ1) is 17.9. The molecule has 2 aromatic carbocycles. The second-order valence-corrected chi connectivity index (χ2v) is 9.04. The number of aliphatic carboxylic acids is 1. The summed E-state index contributed by atoms with van der Waals surface area (Å²) in [5, 5.41) is 25.3. The van der Waals surface area contributed by atoms with E-state index in [1.807, 2.05) is 43.3 Å². The van der Waals surface area contributed by atoms with E-state index < -0.39 is 11.5 Å². The highest BCUT2D eigenvalue weighted by molar-refractivity contribution is 5.66. The van der Waals surface area contributed by atoms with Gasteiger partial charge < -0.3 is 29.4 Å². The van der Waals surface area contributed by atoms with Crippen molar-refractivity contribution in [2.24, 2.45) is 0 Å². The van der Waals surface area contributed by atoms with Gasteiger partial charge >= 0.3 is 5.97 Å². The lowest BCUT2D eigenvalue weighted by Crippen LogP contribution is -2.43. The molecule has 3 aromatic rings. The molecule has 1 aromatic heterocycles. The van der Waals surface area contributed by atoms with Gasteiger partial charge in [0.2, 0.25) is 0 Å². The molecule has 0 fully saturated rings. The molecule has 0 radical (unpaired) electrons. The lowest BCUT2D eigenvalue weighted by atomic mass is 9.92. The molecule has 198 valence electrons. The van der Waals surface area contributed by atoms with Crippen LogP contribution in [0.25, 0.3) is 5.69 Å². The van der Waals surface area contributed by atoms with Crippen molar-refractivity contribution >= 4 is 5.97 Å². The van der Waals surface area contributed by atoms with Crippen LogP contribution in [0.3, 0.4) is 0 Å². The number of fused-ring (bicyclic) bond motifs is 1. The molecular formula is C26H33N5O6. The van der Waals surface area contributed by atoms with E-state index in [1.54, 1.807) is 18.9 Å². The van der Waals surface area contributed by atoms with E-state index in [2.05, 4.69) is 20.8 Å². The number of benzene rings is 2. The Morgan fingerprint density at radius 3 is 2.62 bits per heavy atom. The van der Waals surface area contributed by atoms with Crippen molar-refractivity contribution in [3.05, 3.63) is 47.8 Å². The van der Waals surface area contributed by atoms with Crippen LogP contribution >= 0.6 is 0 Å². The van der Waals surface area contributed by atoms with Gasteiger partial charge in [-0.15, -0.1) is 5.10 Å². The highest BCUT2D eigenvalue weighted by atomic mass is 16.6. The van der Waals surface area contributed by atoms with Gasteiger partial charge in [-0.05, 0) is 66.4 Å². The number of hydrogen-bond donors (Lipinski definition) is 2. The van der Waals surface area contributed by atoms with Crippen LogP contribution < -0.4 is 24.3 Å². The lowest BCUT2D eigenvalue weighted by molar-refractivity contribution is -0.137. The number of unbranched alkanes of at least 4 members (excludes halogenated alkanes) is 1. The van der Waals surface area contributed by atoms with Gasteiger partial charge in [0, 0.05) is 19.0 Å². The van der Waals surface area contributed by atoms with Crippen molar-refractivity contribution in [2.75, 3.05) is 34.0 Å². The molecule has 2 heterocycles. The molecule has 0 bridgehead atoms. The number of carboxylic acids is 1. The molecule has 1 aliphatic rings. The molecule has 11 nitrogen and oxygen atoms in total. The fraction of sp³-hybridized carbons (Fsp3) is 0.462. The first-order valence-electron chi connectivity index (χ1n) is 12.3. The summed E-state index contributed by atoms with van der Waals surface area (Å²) < 4.78 is 23.8. The minimum absolute atomic E-state index is 0.120. The Kier molecular flexibility index (Phi) is 8.44. The first kappa shape index (κ1) is 26.2. The smallest absolute Gasteiger partial charge is 0.303 e. The maximum absolute atomic E-state index is 11.0. The Morgan fingerprint density at radius 2 is 1.86 bits per heavy atom. The quantitative estimate of drug-likeness (QED) is 0.330. The number of rotatable bonds is 13. The number of aromatic nitrogens is 4. The first-order valence-corrected chi connectivity index (χ1v) is 12.3. The summed E-state index contributed by atoms with van der Waals surface area (Å²) >= 11 is 0. The number of carbonyl (C=O) groups is 1. The van der Waals surface area contributed by atoms with Gasteiger partial charge in [0.05, 0.1) is 25.4 Å². The van der Waals surface area contributed by atoms with Crippen molar-refractivity contribution in [3.8, 4) is 28.7 Å². The van der Waals surface area contributed by atoms with E-state index in [4.69, 9.17) is 24.1 Å². The minimum atomic E-state index is -0.802. The molecular weight excluding hydrogens is 478 g/mol. The summed E-state index contributed by atoms with van der Waals surface area (Å²) in [6, 6.07) is 11.5. The highest BCUT2D eigenvalue weighted by Crippen LogP contribution is 2.34. The zero-order valence-electron chi connectivity index (χ0n) is 21.4. The predicted octanol–water partition coefficient (Wildman–Crippen LogP) is 3.14. The van der Waals surface area contributed by atoms with Crippen molar-refractivity contribution < 1.29 is 28.8 Å². The second kappa shape index (κ2) is 11.9. The van der Waals surface area contributed by atoms with Crippen LogP contribution in [0.4, 0.5) is 0 Å². The number of hydrogen-bond acceptors (Lipinski definition) is 9. The van der Waals surface area contributed by atoms with Crippen LogP contribution in [0.1, 0.15) is 44.0 Å². The van der Waals surface area contributed by atoms with Crippen LogP contribution in [0.15, 0.2) is 36.4 Å². The molecule has 1 atom stereocenters. The summed E-state index contributed by atoms with van der Waals surface area (Å²) in [5.74, 6) is 2.53. The summed E-state index contributed by atoms with van der Waals surface area (Å²) in [6.07, 6.45) is 2.76. The van der Waals surface area contributed by atoms with Crippen LogP contribution in [0.5, 0.6) is 23.0 Å². The third kappa shape index (κ3) is 6.29. The van der Waals surface area contributed by atoms with Crippen molar-refractivity contribution in [3.63, 3.8) is 0 Å². The Labute approximate surface area is 215 Å². The average molecular weight is 512 g/mol. The maximum atomic E-state index is 11.0. The van der Waals surface area contributed by atoms with E-state index in [1.165, 1.54) is 0 Å². The molecule has 0 spiro atoms. The van der Waals surface area contributed by atoms with Gasteiger partial charge in [-0.2, -0.15) is 4.68 Å². The maximum Gasteiger partial charge on any atom is 0.303 e. The van der Waals surface area contributed by atoms with Gasteiger partial charge in [0.1, 0.15) is 13.2 Å². The Hall–Kier alpha value is -3.86. The molecule has 1 unspecified atom stereocenters. The number of nitrogens with zero attached hydrogens (tertiary/aromatic N) is 4. The van der Waals surface area contributed by atoms with Crippen LogP contribution in [0.2, 0.25) is 0 Å². The van der Waals surface area contributed by atoms with E-state index in [0.717, 1.165) is 17.7 Å². The lowest BCUT2D eigenvalue weighted by Gasteiger charge is -2.30. The predicted molar refractivity (Wildman–Crippen MR) is 135 cm³/mol. The summed E-state index contributed by atoms with van der Waals surface area (Å²) in [6.45, 7) is 3.68. The molecule has 11 heteroatoms. The van der Waals surface area contributed by atoms with Crippen molar-refractivity contribution in [2.45, 2.75) is 44.6 Å². The van der Waals surface area contributed by atoms with Crippen molar-refractivity contribution in [1.82, 2.24) is 25.5 Å². The summed E-state index contributed by atoms with van der Waals surface area (Å²) in [4.78, 5) is 11.0. The molecule has 0 amide bonds. The van der Waals surface area contributed by atoms with Gasteiger partial charge in [0.15, 0.2) is 28.8 Å². The standard InChI is InChI=1S/C26H33N5O6/c1-26(12-5-4-6-24(32)33,27-13-11-18-7-9-20(34-2)22(16-18)35-3)25-28-29-30-31(25)19-8-10-21-23(17-19)37-15-14-36-21/h7-10,16-17,27H,4-6,11-15H2,1-3H3,(H,32,33). The summed E-state index contributed by atoms with van der Waals surface area (Å²) in [5.41, 5.74) is 1.22. The average Bonchev–Trinajstić information content (AvgIpc) is 3.42. The molecule has 0 aliphatic carbocycles. The normalized spacial score (nSPS) is 14.1. The van der Waals surface area contributed by atoms with Gasteiger partial charge in [-0.3, -0.25) is 4.79 Å². The number of tetrazole rings is 1. The number of ether oxygens (including phenoxy) is 4. The number of carboxylic acid groups (broad SMARTS) is 1. The van der Waals surface area contributed by atoms with Gasteiger partial charge in [0.25, 0.3) is 0 Å². The van der Waals surface area contributed by atoms with E-state index in [0.29, 0.717) is 67.8 Å². The molecule has 4 rings (SSSR count). The second-order valence-electron chi connectivity index (χ2n) is 9.04. The highest BCUT2D eigenvalue weighted by Gasteiger charge is 2.33. The third-order valence-electron chi connectivity index (χ3n) is 6.43. The summed E-state index contributed by atoms with van der Waals surface area (Å²) in [7, 11) is 3.23. The van der Waals surface area contributed by atoms with Gasteiger partial charge in [-0.25, -0.2) is 0 Å². The Balaban J connectivity index is 1.55. The monoisotopic (exact) mass is 511 g/mol. The molecule has 0 saturated heterocycles. The van der Waals surface area contributed by atoms with Crippen LogP contribution in [-0.2, 0) is 16.8 Å². The number of methoxy groups -OCH3 is 2. The Morgan fingerprint density at radius 1 is 1.08 bits per heavy atom. The fourth-order valence-electron chi connectivity index (χ4n) is 4.42. The third-order valence-corrected chi connectivity index (χ3v) is 6.43. The topological polar surface area (TPSA) is 130 Å². The van der Waals surface area contributed by atoms with E-state index in [9.17, 15) is 4.79 Å². The number of nitrogens with one attached hydrogen (secondary N) is 1. The minimum Gasteiger partial charge on any atom is -0.493 e. The molecule has 0 saturated carbocycles. The zero-order valence-corrected chi connectivity index (χ0v) is 21.4. The van der Waals surface area contributed by atoms with Crippen molar-refractivity contribution in [1.29, 1.82) is 0 Å². The zero-order chi connectivity index (χ0) is 26.3. The SMILES string of the molecule is COc1ccc(CCNC(C)(CCCCC(=O)O)c2nnnn2-c2ccc3c(c2)OCCO3)cc1OC. The molecule has 1 aliphatic heterocycles. The van der Waals surface area contributed by atoms with Crippen LogP contribution in [-0.4, -0.2) is 65.3 Å². The van der Waals surface area contributed by atoms with Gasteiger partial charge in [-0.1, -0.05) is 12.5 Å². The Bertz CT molecular complexity index is 1220. The van der Waals surface area contributed by atoms with E-state index in [-0.39, 0.29) is 6.42 Å². The molecule has 2 N–H and O–H groups in total. The molecule has 37 heavy (non-hydrogen) atoms. The van der Waals surface area contributed by atoms with Crippen LogP contribution in [0, 0.1) is 0 Å². The largest absolute Gasteiger partial charge is 0.493 e. The van der Waals surface area contributed by atoms with E-state index >= 15 is 0 Å².